The summed E-state index contributed by atoms with van der Waals surface area (Å²) in [7, 11) is 0. The molecule has 0 bridgehead atoms. The molecular formula is C20H23NO4. The predicted molar refractivity (Wildman–Crippen MR) is 95.6 cm³/mol. The van der Waals surface area contributed by atoms with Crippen LogP contribution in [0.1, 0.15) is 37.0 Å². The van der Waals surface area contributed by atoms with Crippen LogP contribution in [0.4, 0.5) is 0 Å². The number of hydrogen-bond acceptors (Lipinski definition) is 4. The van der Waals surface area contributed by atoms with Crippen molar-refractivity contribution in [3.63, 3.8) is 0 Å². The number of benzene rings is 1. The van der Waals surface area contributed by atoms with Crippen molar-refractivity contribution >= 4 is 12.0 Å². The van der Waals surface area contributed by atoms with E-state index in [2.05, 4.69) is 19.2 Å². The molecule has 3 rings (SSSR count). The summed E-state index contributed by atoms with van der Waals surface area (Å²) in [5.74, 6) is 3.01. The number of fused-ring (bicyclic) bond motifs is 1. The number of carbonyl (C=O) groups excluding carboxylic acids is 1. The Morgan fingerprint density at radius 1 is 1.12 bits per heavy atom. The molecule has 5 nitrogen and oxygen atoms in total. The van der Waals surface area contributed by atoms with Crippen molar-refractivity contribution in [2.75, 3.05) is 13.2 Å². The zero-order chi connectivity index (χ0) is 17.8. The summed E-state index contributed by atoms with van der Waals surface area (Å²) in [5.41, 5.74) is 0.995. The fourth-order valence-electron chi connectivity index (χ4n) is 2.79. The highest BCUT2D eigenvalue weighted by Gasteiger charge is 2.20. The number of carbonyl (C=O) groups is 1. The molecule has 1 aromatic heterocycles. The maximum Gasteiger partial charge on any atom is 0.244 e. The average molecular weight is 341 g/mol. The summed E-state index contributed by atoms with van der Waals surface area (Å²) < 4.78 is 16.6. The maximum atomic E-state index is 12.3. The lowest BCUT2D eigenvalue weighted by Gasteiger charge is -2.25. The molecule has 1 atom stereocenters. The Morgan fingerprint density at radius 2 is 1.88 bits per heavy atom. The Bertz CT molecular complexity index is 776. The van der Waals surface area contributed by atoms with Crippen LogP contribution in [0.5, 0.6) is 11.5 Å². The van der Waals surface area contributed by atoms with Crippen molar-refractivity contribution in [3.05, 3.63) is 53.5 Å². The van der Waals surface area contributed by atoms with Crippen LogP contribution in [0, 0.1) is 12.8 Å². The van der Waals surface area contributed by atoms with Crippen molar-refractivity contribution in [1.82, 2.24) is 5.32 Å². The summed E-state index contributed by atoms with van der Waals surface area (Å²) in [6.45, 7) is 7.12. The van der Waals surface area contributed by atoms with Crippen molar-refractivity contribution in [1.29, 1.82) is 0 Å². The summed E-state index contributed by atoms with van der Waals surface area (Å²) in [5, 5.41) is 3.05. The van der Waals surface area contributed by atoms with E-state index in [4.69, 9.17) is 13.9 Å². The van der Waals surface area contributed by atoms with Crippen LogP contribution < -0.4 is 14.8 Å². The van der Waals surface area contributed by atoms with Crippen LogP contribution in [-0.4, -0.2) is 19.1 Å². The fourth-order valence-corrected chi connectivity index (χ4v) is 2.79. The number of hydrogen-bond donors (Lipinski definition) is 1. The van der Waals surface area contributed by atoms with Gasteiger partial charge in [-0.25, -0.2) is 0 Å². The highest BCUT2D eigenvalue weighted by molar-refractivity contribution is 5.91. The molecule has 1 aromatic carbocycles. The van der Waals surface area contributed by atoms with Gasteiger partial charge in [-0.15, -0.1) is 0 Å². The molecule has 1 aliphatic heterocycles. The molecule has 132 valence electrons. The van der Waals surface area contributed by atoms with Gasteiger partial charge >= 0.3 is 0 Å². The Balaban J connectivity index is 1.72. The topological polar surface area (TPSA) is 60.7 Å². The lowest BCUT2D eigenvalue weighted by molar-refractivity contribution is -0.117. The third kappa shape index (κ3) is 4.24. The first-order chi connectivity index (χ1) is 12.0. The van der Waals surface area contributed by atoms with Gasteiger partial charge in [-0.3, -0.25) is 4.79 Å². The molecule has 0 radical (unpaired) electrons. The normalized spacial score (nSPS) is 14.7. The van der Waals surface area contributed by atoms with Gasteiger partial charge in [0.25, 0.3) is 0 Å². The first kappa shape index (κ1) is 17.1. The Labute approximate surface area is 147 Å². The molecule has 0 spiro atoms. The second-order valence-electron chi connectivity index (χ2n) is 6.42. The molecule has 0 saturated heterocycles. The molecule has 0 fully saturated rings. The highest BCUT2D eigenvalue weighted by atomic mass is 16.6. The van der Waals surface area contributed by atoms with Crippen LogP contribution in [0.15, 0.2) is 40.8 Å². The van der Waals surface area contributed by atoms with E-state index in [-0.39, 0.29) is 17.9 Å². The third-order valence-electron chi connectivity index (χ3n) is 4.05. The molecule has 1 aliphatic rings. The number of ether oxygens (including phenoxy) is 2. The van der Waals surface area contributed by atoms with Gasteiger partial charge in [-0.2, -0.15) is 0 Å². The van der Waals surface area contributed by atoms with Gasteiger partial charge in [0, 0.05) is 6.08 Å². The molecule has 25 heavy (non-hydrogen) atoms. The van der Waals surface area contributed by atoms with Crippen LogP contribution in [-0.2, 0) is 4.79 Å². The average Bonchev–Trinajstić information content (AvgIpc) is 3.02. The molecule has 2 heterocycles. The van der Waals surface area contributed by atoms with Gasteiger partial charge < -0.3 is 19.2 Å². The predicted octanol–water partition coefficient (Wildman–Crippen LogP) is 3.89. The van der Waals surface area contributed by atoms with E-state index in [1.807, 2.05) is 37.3 Å². The van der Waals surface area contributed by atoms with Gasteiger partial charge in [0.15, 0.2) is 11.5 Å². The third-order valence-corrected chi connectivity index (χ3v) is 4.05. The summed E-state index contributed by atoms with van der Waals surface area (Å²) in [4.78, 5) is 12.3. The molecule has 1 unspecified atom stereocenters. The lowest BCUT2D eigenvalue weighted by Crippen LogP contribution is -2.30. The molecule has 1 amide bonds. The molecule has 2 aromatic rings. The lowest BCUT2D eigenvalue weighted by atomic mass is 9.95. The first-order valence-corrected chi connectivity index (χ1v) is 8.47. The van der Waals surface area contributed by atoms with Crippen molar-refractivity contribution in [3.8, 4) is 11.5 Å². The zero-order valence-electron chi connectivity index (χ0n) is 14.7. The van der Waals surface area contributed by atoms with Crippen LogP contribution in [0.25, 0.3) is 6.08 Å². The summed E-state index contributed by atoms with van der Waals surface area (Å²) in [6, 6.07) is 9.39. The molecule has 5 heteroatoms. The highest BCUT2D eigenvalue weighted by Crippen LogP contribution is 2.34. The van der Waals surface area contributed by atoms with Crippen molar-refractivity contribution in [2.45, 2.75) is 26.8 Å². The Hall–Kier alpha value is -2.69. The second-order valence-corrected chi connectivity index (χ2v) is 6.42. The Kier molecular flexibility index (Phi) is 5.12. The number of aryl methyl sites for hydroxylation is 1. The fraction of sp³-hybridized carbons (Fsp3) is 0.350. The molecule has 0 aliphatic carbocycles. The largest absolute Gasteiger partial charge is 0.486 e. The standard InChI is InChI=1S/C20H23NO4/c1-13(2)20(15-5-8-17-18(12-15)24-11-10-23-17)21-19(22)9-7-16-6-4-14(3)25-16/h4-9,12-13,20H,10-11H2,1-3H3,(H,21,22)/b9-7+. The minimum atomic E-state index is -0.164. The first-order valence-electron chi connectivity index (χ1n) is 8.47. The van der Waals surface area contributed by atoms with Crippen LogP contribution in [0.2, 0.25) is 0 Å². The number of furan rings is 1. The van der Waals surface area contributed by atoms with E-state index >= 15 is 0 Å². The molecular weight excluding hydrogens is 318 g/mol. The molecule has 1 N–H and O–H groups in total. The summed E-state index contributed by atoms with van der Waals surface area (Å²) in [6.07, 6.45) is 3.16. The van der Waals surface area contributed by atoms with Gasteiger partial charge in [0.2, 0.25) is 5.91 Å². The number of rotatable bonds is 5. The van der Waals surface area contributed by atoms with Crippen molar-refractivity contribution < 1.29 is 18.7 Å². The van der Waals surface area contributed by atoms with E-state index in [1.54, 1.807) is 6.08 Å². The monoisotopic (exact) mass is 341 g/mol. The second kappa shape index (κ2) is 7.47. The zero-order valence-corrected chi connectivity index (χ0v) is 14.7. The maximum absolute atomic E-state index is 12.3. The van der Waals surface area contributed by atoms with E-state index in [0.29, 0.717) is 19.0 Å². The van der Waals surface area contributed by atoms with E-state index in [9.17, 15) is 4.79 Å². The van der Waals surface area contributed by atoms with Crippen LogP contribution in [0.3, 0.4) is 0 Å². The SMILES string of the molecule is Cc1ccc(/C=C/C(=O)NC(c2ccc3c(c2)OCCO3)C(C)C)o1. The van der Waals surface area contributed by atoms with Gasteiger partial charge in [0.1, 0.15) is 24.7 Å². The molecule has 0 saturated carbocycles. The van der Waals surface area contributed by atoms with Gasteiger partial charge in [0.05, 0.1) is 6.04 Å². The number of amides is 1. The quantitative estimate of drug-likeness (QED) is 0.838. The smallest absolute Gasteiger partial charge is 0.244 e. The van der Waals surface area contributed by atoms with E-state index in [1.165, 1.54) is 6.08 Å². The summed E-state index contributed by atoms with van der Waals surface area (Å²) >= 11 is 0. The minimum absolute atomic E-state index is 0.119. The van der Waals surface area contributed by atoms with Gasteiger partial charge in [-0.1, -0.05) is 19.9 Å². The van der Waals surface area contributed by atoms with Crippen molar-refractivity contribution in [2.24, 2.45) is 5.92 Å². The van der Waals surface area contributed by atoms with E-state index in [0.717, 1.165) is 22.8 Å². The van der Waals surface area contributed by atoms with E-state index < -0.39 is 0 Å². The van der Waals surface area contributed by atoms with Gasteiger partial charge in [-0.05, 0) is 48.7 Å². The number of nitrogens with one attached hydrogen (secondary N) is 1. The minimum Gasteiger partial charge on any atom is -0.486 e. The Morgan fingerprint density at radius 3 is 2.56 bits per heavy atom. The van der Waals surface area contributed by atoms with Crippen LogP contribution >= 0.6 is 0 Å².